The molecular weight excluding hydrogens is 298 g/mol. The Hall–Kier alpha value is -1.10. The summed E-state index contributed by atoms with van der Waals surface area (Å²) in [7, 11) is 1.78. The zero-order valence-corrected chi connectivity index (χ0v) is 14.3. The largest absolute Gasteiger partial charge is 0.351 e. The Bertz CT molecular complexity index is 445. The SMILES string of the molecule is CNCC(=O)NCc1cccc(CN2CCCCCC2)c1.Cl. The molecule has 1 aromatic carbocycles. The minimum absolute atomic E-state index is 0. The lowest BCUT2D eigenvalue weighted by Crippen LogP contribution is -2.31. The first-order chi connectivity index (χ1) is 10.3. The molecule has 5 heteroatoms. The highest BCUT2D eigenvalue weighted by molar-refractivity contribution is 5.85. The molecule has 0 aromatic heterocycles. The van der Waals surface area contributed by atoms with E-state index in [1.54, 1.807) is 7.05 Å². The van der Waals surface area contributed by atoms with Gasteiger partial charge in [-0.2, -0.15) is 0 Å². The van der Waals surface area contributed by atoms with Crippen LogP contribution in [-0.4, -0.2) is 37.5 Å². The molecule has 0 unspecified atom stereocenters. The molecule has 0 spiro atoms. The molecule has 2 N–H and O–H groups in total. The minimum atomic E-state index is 0. The van der Waals surface area contributed by atoms with Gasteiger partial charge < -0.3 is 10.6 Å². The zero-order valence-electron chi connectivity index (χ0n) is 13.4. The first-order valence-electron chi connectivity index (χ1n) is 7.99. The molecule has 0 radical (unpaired) electrons. The smallest absolute Gasteiger partial charge is 0.234 e. The maximum absolute atomic E-state index is 11.5. The lowest BCUT2D eigenvalue weighted by atomic mass is 10.1. The van der Waals surface area contributed by atoms with Gasteiger partial charge in [0.2, 0.25) is 5.91 Å². The van der Waals surface area contributed by atoms with Crippen molar-refractivity contribution in [3.05, 3.63) is 35.4 Å². The average molecular weight is 326 g/mol. The second kappa shape index (κ2) is 10.6. The van der Waals surface area contributed by atoms with Crippen LogP contribution in [0.3, 0.4) is 0 Å². The van der Waals surface area contributed by atoms with E-state index in [2.05, 4.69) is 39.8 Å². The molecule has 0 saturated carbocycles. The first-order valence-corrected chi connectivity index (χ1v) is 7.99. The Balaban J connectivity index is 0.00000242. The number of hydrogen-bond acceptors (Lipinski definition) is 3. The van der Waals surface area contributed by atoms with E-state index in [0.29, 0.717) is 13.1 Å². The van der Waals surface area contributed by atoms with E-state index in [1.165, 1.54) is 49.9 Å². The number of likely N-dealkylation sites (tertiary alicyclic amines) is 1. The molecule has 22 heavy (non-hydrogen) atoms. The number of halogens is 1. The van der Waals surface area contributed by atoms with Gasteiger partial charge in [0.05, 0.1) is 6.54 Å². The van der Waals surface area contributed by atoms with Crippen molar-refractivity contribution in [3.63, 3.8) is 0 Å². The van der Waals surface area contributed by atoms with Crippen molar-refractivity contribution in [2.24, 2.45) is 0 Å². The summed E-state index contributed by atoms with van der Waals surface area (Å²) < 4.78 is 0. The normalized spacial score (nSPS) is 15.7. The molecule has 1 fully saturated rings. The molecule has 0 atom stereocenters. The van der Waals surface area contributed by atoms with Crippen LogP contribution in [0.1, 0.15) is 36.8 Å². The third-order valence-electron chi connectivity index (χ3n) is 3.92. The molecule has 1 saturated heterocycles. The zero-order chi connectivity index (χ0) is 14.9. The number of carbonyl (C=O) groups is 1. The van der Waals surface area contributed by atoms with E-state index < -0.39 is 0 Å². The van der Waals surface area contributed by atoms with E-state index >= 15 is 0 Å². The fourth-order valence-electron chi connectivity index (χ4n) is 2.81. The number of likely N-dealkylation sites (N-methyl/N-ethyl adjacent to an activating group) is 1. The molecule has 1 aliphatic rings. The molecule has 1 heterocycles. The highest BCUT2D eigenvalue weighted by Crippen LogP contribution is 2.14. The van der Waals surface area contributed by atoms with Crippen molar-refractivity contribution in [3.8, 4) is 0 Å². The second-order valence-electron chi connectivity index (χ2n) is 5.82. The van der Waals surface area contributed by atoms with Gasteiger partial charge in [-0.15, -0.1) is 12.4 Å². The fraction of sp³-hybridized carbons (Fsp3) is 0.588. The third-order valence-corrected chi connectivity index (χ3v) is 3.92. The van der Waals surface area contributed by atoms with Crippen LogP contribution in [-0.2, 0) is 17.9 Å². The topological polar surface area (TPSA) is 44.4 Å². The Kier molecular flexibility index (Phi) is 9.13. The lowest BCUT2D eigenvalue weighted by Gasteiger charge is -2.20. The molecule has 0 aliphatic carbocycles. The highest BCUT2D eigenvalue weighted by atomic mass is 35.5. The van der Waals surface area contributed by atoms with Crippen molar-refractivity contribution in [2.45, 2.75) is 38.8 Å². The van der Waals surface area contributed by atoms with Gasteiger partial charge in [-0.05, 0) is 44.1 Å². The van der Waals surface area contributed by atoms with E-state index in [-0.39, 0.29) is 18.3 Å². The summed E-state index contributed by atoms with van der Waals surface area (Å²) in [6.07, 6.45) is 5.38. The number of benzene rings is 1. The molecule has 0 bridgehead atoms. The number of nitrogens with one attached hydrogen (secondary N) is 2. The fourth-order valence-corrected chi connectivity index (χ4v) is 2.81. The van der Waals surface area contributed by atoms with Gasteiger partial charge in [-0.3, -0.25) is 9.69 Å². The monoisotopic (exact) mass is 325 g/mol. The molecule has 1 aromatic rings. The maximum Gasteiger partial charge on any atom is 0.234 e. The maximum atomic E-state index is 11.5. The van der Waals surface area contributed by atoms with Crippen LogP contribution in [0, 0.1) is 0 Å². The number of hydrogen-bond donors (Lipinski definition) is 2. The summed E-state index contributed by atoms with van der Waals surface area (Å²) in [5.74, 6) is 0.0374. The Morgan fingerprint density at radius 1 is 1.14 bits per heavy atom. The van der Waals surface area contributed by atoms with Gasteiger partial charge >= 0.3 is 0 Å². The average Bonchev–Trinajstić information content (AvgIpc) is 2.75. The predicted molar refractivity (Wildman–Crippen MR) is 93.2 cm³/mol. The van der Waals surface area contributed by atoms with Crippen LogP contribution in [0.15, 0.2) is 24.3 Å². The summed E-state index contributed by atoms with van der Waals surface area (Å²) in [4.78, 5) is 14.0. The summed E-state index contributed by atoms with van der Waals surface area (Å²) in [6, 6.07) is 8.56. The predicted octanol–water partition coefficient (Wildman–Crippen LogP) is 2.32. The molecule has 4 nitrogen and oxygen atoms in total. The van der Waals surface area contributed by atoms with Crippen LogP contribution in [0.4, 0.5) is 0 Å². The summed E-state index contributed by atoms with van der Waals surface area (Å²) in [5.41, 5.74) is 2.52. The summed E-state index contributed by atoms with van der Waals surface area (Å²) in [5, 5.41) is 5.78. The van der Waals surface area contributed by atoms with Crippen LogP contribution < -0.4 is 10.6 Å². The van der Waals surface area contributed by atoms with Crippen molar-refractivity contribution in [1.82, 2.24) is 15.5 Å². The van der Waals surface area contributed by atoms with Crippen LogP contribution in [0.2, 0.25) is 0 Å². The number of amides is 1. The van der Waals surface area contributed by atoms with E-state index in [4.69, 9.17) is 0 Å². The van der Waals surface area contributed by atoms with Crippen molar-refractivity contribution in [1.29, 1.82) is 0 Å². The van der Waals surface area contributed by atoms with E-state index in [0.717, 1.165) is 6.54 Å². The lowest BCUT2D eigenvalue weighted by molar-refractivity contribution is -0.120. The van der Waals surface area contributed by atoms with Crippen LogP contribution >= 0.6 is 12.4 Å². The van der Waals surface area contributed by atoms with Crippen molar-refractivity contribution >= 4 is 18.3 Å². The van der Waals surface area contributed by atoms with E-state index in [9.17, 15) is 4.79 Å². The van der Waals surface area contributed by atoms with Gasteiger partial charge in [0.15, 0.2) is 0 Å². The van der Waals surface area contributed by atoms with E-state index in [1.807, 2.05) is 0 Å². The molecule has 1 aliphatic heterocycles. The van der Waals surface area contributed by atoms with Gasteiger partial charge in [0.25, 0.3) is 0 Å². The Morgan fingerprint density at radius 3 is 2.50 bits per heavy atom. The number of rotatable bonds is 6. The van der Waals surface area contributed by atoms with Gasteiger partial charge in [0.1, 0.15) is 0 Å². The quantitative estimate of drug-likeness (QED) is 0.843. The second-order valence-corrected chi connectivity index (χ2v) is 5.82. The molecule has 2 rings (SSSR count). The molecular formula is C17H28ClN3O. The Morgan fingerprint density at radius 2 is 1.82 bits per heavy atom. The van der Waals surface area contributed by atoms with Crippen molar-refractivity contribution < 1.29 is 4.79 Å². The Labute approximate surface area is 140 Å². The van der Waals surface area contributed by atoms with Crippen LogP contribution in [0.25, 0.3) is 0 Å². The molecule has 1 amide bonds. The van der Waals surface area contributed by atoms with Gasteiger partial charge in [-0.1, -0.05) is 37.1 Å². The van der Waals surface area contributed by atoms with Gasteiger partial charge in [-0.25, -0.2) is 0 Å². The third kappa shape index (κ3) is 6.77. The van der Waals surface area contributed by atoms with Crippen molar-refractivity contribution in [2.75, 3.05) is 26.7 Å². The standard InChI is InChI=1S/C17H27N3O.ClH/c1-18-13-17(21)19-12-15-7-6-8-16(11-15)14-20-9-4-2-3-5-10-20;/h6-8,11,18H,2-5,9-10,12-14H2,1H3,(H,19,21);1H. The van der Waals surface area contributed by atoms with Gasteiger partial charge in [0, 0.05) is 13.1 Å². The number of carbonyl (C=O) groups excluding carboxylic acids is 1. The summed E-state index contributed by atoms with van der Waals surface area (Å²) >= 11 is 0. The first kappa shape index (κ1) is 18.9. The molecule has 124 valence electrons. The minimum Gasteiger partial charge on any atom is -0.351 e. The number of nitrogens with zero attached hydrogens (tertiary/aromatic N) is 1. The highest BCUT2D eigenvalue weighted by Gasteiger charge is 2.09. The summed E-state index contributed by atoms with van der Waals surface area (Å²) in [6.45, 7) is 4.42. The van der Waals surface area contributed by atoms with Crippen LogP contribution in [0.5, 0.6) is 0 Å².